The third-order valence-corrected chi connectivity index (χ3v) is 4.23. The molecule has 0 aromatic heterocycles. The second-order valence-electron chi connectivity index (χ2n) is 5.95. The highest BCUT2D eigenvalue weighted by Crippen LogP contribution is 2.31. The van der Waals surface area contributed by atoms with Crippen molar-refractivity contribution in [2.75, 3.05) is 26.7 Å². The van der Waals surface area contributed by atoms with E-state index in [0.717, 1.165) is 25.6 Å². The molecule has 1 saturated heterocycles. The monoisotopic (exact) mass is 226 g/mol. The number of hydrogen-bond acceptors (Lipinski definition) is 3. The fourth-order valence-electron chi connectivity index (χ4n) is 3.42. The Morgan fingerprint density at radius 1 is 1.44 bits per heavy atom. The maximum absolute atomic E-state index is 6.53. The molecular weight excluding hydrogens is 200 g/mol. The Labute approximate surface area is 99.3 Å². The molecule has 1 aliphatic carbocycles. The lowest BCUT2D eigenvalue weighted by Gasteiger charge is -2.39. The number of hydrogen-bond donors (Lipinski definition) is 1. The van der Waals surface area contributed by atoms with Gasteiger partial charge in [0.25, 0.3) is 0 Å². The standard InChI is InChI=1S/C13H26N2O/c1-11-4-3-6-13(14,8-11)10-15-7-5-12(9-15)16-2/h11-12H,3-10,14H2,1-2H3. The van der Waals surface area contributed by atoms with Gasteiger partial charge in [-0.2, -0.15) is 0 Å². The Morgan fingerprint density at radius 2 is 2.25 bits per heavy atom. The van der Waals surface area contributed by atoms with E-state index in [0.29, 0.717) is 6.10 Å². The van der Waals surface area contributed by atoms with Crippen LogP contribution in [0.15, 0.2) is 0 Å². The molecule has 1 heterocycles. The molecule has 2 aliphatic rings. The fraction of sp³-hybridized carbons (Fsp3) is 1.00. The highest BCUT2D eigenvalue weighted by molar-refractivity contribution is 4.94. The Hall–Kier alpha value is -0.120. The smallest absolute Gasteiger partial charge is 0.0710 e. The van der Waals surface area contributed by atoms with Crippen LogP contribution in [0.2, 0.25) is 0 Å². The zero-order valence-electron chi connectivity index (χ0n) is 10.7. The van der Waals surface area contributed by atoms with Crippen LogP contribution in [0.25, 0.3) is 0 Å². The molecule has 1 saturated carbocycles. The molecule has 1 aliphatic heterocycles. The van der Waals surface area contributed by atoms with Gasteiger partial charge >= 0.3 is 0 Å². The van der Waals surface area contributed by atoms with Crippen LogP contribution in [0.1, 0.15) is 39.0 Å². The van der Waals surface area contributed by atoms with Crippen LogP contribution in [0.4, 0.5) is 0 Å². The van der Waals surface area contributed by atoms with Crippen LogP contribution in [0, 0.1) is 5.92 Å². The molecule has 3 atom stereocenters. The van der Waals surface area contributed by atoms with Gasteiger partial charge in [-0.05, 0) is 25.2 Å². The van der Waals surface area contributed by atoms with Crippen LogP contribution in [0.5, 0.6) is 0 Å². The van der Waals surface area contributed by atoms with Crippen molar-refractivity contribution in [1.29, 1.82) is 0 Å². The predicted octanol–water partition coefficient (Wildman–Crippen LogP) is 1.61. The average Bonchev–Trinajstić information content (AvgIpc) is 2.64. The number of nitrogens with two attached hydrogens (primary N) is 1. The summed E-state index contributed by atoms with van der Waals surface area (Å²) in [7, 11) is 1.81. The lowest BCUT2D eigenvalue weighted by atomic mass is 9.77. The van der Waals surface area contributed by atoms with Crippen LogP contribution < -0.4 is 5.73 Å². The first-order valence-corrected chi connectivity index (χ1v) is 6.65. The minimum absolute atomic E-state index is 0.0697. The zero-order chi connectivity index (χ0) is 11.6. The highest BCUT2D eigenvalue weighted by Gasteiger charge is 2.34. The summed E-state index contributed by atoms with van der Waals surface area (Å²) in [6.45, 7) is 5.63. The molecule has 0 spiro atoms. The van der Waals surface area contributed by atoms with Gasteiger partial charge in [0.05, 0.1) is 6.10 Å². The molecule has 0 aromatic carbocycles. The first kappa shape index (κ1) is 12.3. The molecule has 0 aromatic rings. The first-order valence-electron chi connectivity index (χ1n) is 6.65. The minimum atomic E-state index is 0.0697. The van der Waals surface area contributed by atoms with Gasteiger partial charge in [-0.25, -0.2) is 0 Å². The van der Waals surface area contributed by atoms with E-state index in [2.05, 4.69) is 11.8 Å². The van der Waals surface area contributed by atoms with Gasteiger partial charge < -0.3 is 10.5 Å². The molecule has 0 bridgehead atoms. The lowest BCUT2D eigenvalue weighted by Crippen LogP contribution is -2.52. The van der Waals surface area contributed by atoms with Crippen molar-refractivity contribution in [2.45, 2.75) is 50.7 Å². The van der Waals surface area contributed by atoms with E-state index >= 15 is 0 Å². The SMILES string of the molecule is COC1CCN(CC2(N)CCCC(C)C2)C1. The third kappa shape index (κ3) is 2.96. The largest absolute Gasteiger partial charge is 0.380 e. The Bertz CT molecular complexity index is 234. The van der Waals surface area contributed by atoms with E-state index in [1.54, 1.807) is 0 Å². The summed E-state index contributed by atoms with van der Waals surface area (Å²) < 4.78 is 5.40. The fourth-order valence-corrected chi connectivity index (χ4v) is 3.42. The van der Waals surface area contributed by atoms with Crippen LogP contribution in [0.3, 0.4) is 0 Å². The molecule has 3 nitrogen and oxygen atoms in total. The van der Waals surface area contributed by atoms with Gasteiger partial charge in [-0.3, -0.25) is 4.90 Å². The molecule has 2 N–H and O–H groups in total. The summed E-state index contributed by atoms with van der Waals surface area (Å²) in [6.07, 6.45) is 6.66. The van der Waals surface area contributed by atoms with E-state index in [1.165, 1.54) is 32.1 Å². The van der Waals surface area contributed by atoms with E-state index < -0.39 is 0 Å². The number of nitrogens with zero attached hydrogens (tertiary/aromatic N) is 1. The van der Waals surface area contributed by atoms with Crippen molar-refractivity contribution in [3.05, 3.63) is 0 Å². The molecule has 94 valence electrons. The number of ether oxygens (including phenoxy) is 1. The Balaban J connectivity index is 1.84. The molecule has 16 heavy (non-hydrogen) atoms. The van der Waals surface area contributed by atoms with E-state index in [4.69, 9.17) is 10.5 Å². The predicted molar refractivity (Wildman–Crippen MR) is 66.4 cm³/mol. The van der Waals surface area contributed by atoms with Crippen molar-refractivity contribution in [3.8, 4) is 0 Å². The van der Waals surface area contributed by atoms with Crippen molar-refractivity contribution < 1.29 is 4.74 Å². The third-order valence-electron chi connectivity index (χ3n) is 4.23. The molecule has 0 radical (unpaired) electrons. The summed E-state index contributed by atoms with van der Waals surface area (Å²) in [5.74, 6) is 0.805. The molecule has 2 rings (SSSR count). The lowest BCUT2D eigenvalue weighted by molar-refractivity contribution is 0.0990. The molecule has 0 amide bonds. The van der Waals surface area contributed by atoms with Crippen molar-refractivity contribution in [2.24, 2.45) is 11.7 Å². The van der Waals surface area contributed by atoms with Gasteiger partial charge in [0, 0.05) is 32.3 Å². The highest BCUT2D eigenvalue weighted by atomic mass is 16.5. The van der Waals surface area contributed by atoms with Crippen molar-refractivity contribution >= 4 is 0 Å². The topological polar surface area (TPSA) is 38.5 Å². The average molecular weight is 226 g/mol. The summed E-state index contributed by atoms with van der Waals surface area (Å²) in [6, 6.07) is 0. The van der Waals surface area contributed by atoms with Crippen LogP contribution in [-0.4, -0.2) is 43.3 Å². The van der Waals surface area contributed by atoms with Gasteiger partial charge in [-0.15, -0.1) is 0 Å². The van der Waals surface area contributed by atoms with E-state index in [1.807, 2.05) is 7.11 Å². The summed E-state index contributed by atoms with van der Waals surface area (Å²) >= 11 is 0. The summed E-state index contributed by atoms with van der Waals surface area (Å²) in [5.41, 5.74) is 6.60. The minimum Gasteiger partial charge on any atom is -0.380 e. The van der Waals surface area contributed by atoms with Crippen LogP contribution >= 0.6 is 0 Å². The van der Waals surface area contributed by atoms with Gasteiger partial charge in [0.2, 0.25) is 0 Å². The van der Waals surface area contributed by atoms with Gasteiger partial charge in [-0.1, -0.05) is 19.8 Å². The quantitative estimate of drug-likeness (QED) is 0.794. The molecular formula is C13H26N2O. The first-order chi connectivity index (χ1) is 7.61. The molecule has 2 fully saturated rings. The molecule has 3 unspecified atom stereocenters. The maximum atomic E-state index is 6.53. The van der Waals surface area contributed by atoms with E-state index in [9.17, 15) is 0 Å². The van der Waals surface area contributed by atoms with E-state index in [-0.39, 0.29) is 5.54 Å². The summed E-state index contributed by atoms with van der Waals surface area (Å²) in [4.78, 5) is 2.49. The number of likely N-dealkylation sites (tertiary alicyclic amines) is 1. The Morgan fingerprint density at radius 3 is 2.88 bits per heavy atom. The van der Waals surface area contributed by atoms with Crippen LogP contribution in [-0.2, 0) is 4.74 Å². The second-order valence-corrected chi connectivity index (χ2v) is 5.95. The van der Waals surface area contributed by atoms with Gasteiger partial charge in [0.1, 0.15) is 0 Å². The molecule has 3 heteroatoms. The maximum Gasteiger partial charge on any atom is 0.0710 e. The van der Waals surface area contributed by atoms with Crippen molar-refractivity contribution in [3.63, 3.8) is 0 Å². The number of methoxy groups -OCH3 is 1. The normalized spacial score (nSPS) is 41.4. The van der Waals surface area contributed by atoms with Gasteiger partial charge in [0.15, 0.2) is 0 Å². The zero-order valence-corrected chi connectivity index (χ0v) is 10.7. The summed E-state index contributed by atoms with van der Waals surface area (Å²) in [5, 5.41) is 0. The Kier molecular flexibility index (Phi) is 3.88. The second kappa shape index (κ2) is 5.03. The van der Waals surface area contributed by atoms with Crippen molar-refractivity contribution in [1.82, 2.24) is 4.90 Å². The number of rotatable bonds is 3.